The van der Waals surface area contributed by atoms with E-state index in [0.29, 0.717) is 0 Å². The molecule has 158 valence electrons. The number of aliphatic carboxylic acids is 1. The zero-order chi connectivity index (χ0) is 21.6. The van der Waals surface area contributed by atoms with Crippen LogP contribution >= 0.6 is 0 Å². The normalized spacial score (nSPS) is 10.4. The molecule has 0 aliphatic rings. The summed E-state index contributed by atoms with van der Waals surface area (Å²) in [5.74, 6) is -0.995. The summed E-state index contributed by atoms with van der Waals surface area (Å²) in [6, 6.07) is 31.0. The van der Waals surface area contributed by atoms with Crippen molar-refractivity contribution in [3.63, 3.8) is 0 Å². The van der Waals surface area contributed by atoms with E-state index in [1.54, 1.807) is 0 Å². The van der Waals surface area contributed by atoms with Gasteiger partial charge in [0, 0.05) is 5.97 Å². The summed E-state index contributed by atoms with van der Waals surface area (Å²) in [5, 5.41) is 9.26. The number of unbranched alkanes of at least 4 members (excludes halogenated alkanes) is 3. The van der Waals surface area contributed by atoms with Crippen molar-refractivity contribution < 1.29 is 9.90 Å². The number of carboxylic acid groups (broad SMARTS) is 1. The fourth-order valence-corrected chi connectivity index (χ4v) is 5.15. The Kier molecular flexibility index (Phi) is 10.8. The lowest BCUT2D eigenvalue weighted by Gasteiger charge is -2.08. The molecule has 0 saturated heterocycles. The lowest BCUT2D eigenvalue weighted by Crippen LogP contribution is -2.19. The minimum absolute atomic E-state index is 0.0317. The van der Waals surface area contributed by atoms with Gasteiger partial charge in [-0.25, -0.2) is 0 Å². The van der Waals surface area contributed by atoms with Crippen LogP contribution in [0.1, 0.15) is 51.5 Å². The summed E-state index contributed by atoms with van der Waals surface area (Å²) < 4.78 is 0. The molecule has 0 aliphatic carbocycles. The van der Waals surface area contributed by atoms with Gasteiger partial charge in [-0.15, -0.1) is 0 Å². The van der Waals surface area contributed by atoms with Crippen molar-refractivity contribution in [1.29, 1.82) is 0 Å². The Morgan fingerprint density at radius 3 is 1.60 bits per heavy atom. The van der Waals surface area contributed by atoms with Gasteiger partial charge in [0.2, 0.25) is 0 Å². The molecular weight excluding hydrogens is 388 g/mol. The summed E-state index contributed by atoms with van der Waals surface area (Å²) in [6.45, 7) is 3.80. The van der Waals surface area contributed by atoms with Crippen LogP contribution in [-0.4, -0.2) is 5.97 Å². The van der Waals surface area contributed by atoms with Gasteiger partial charge in [-0.3, -0.25) is 0 Å². The highest BCUT2D eigenvalue weighted by Crippen LogP contribution is 2.31. The van der Waals surface area contributed by atoms with E-state index in [0.717, 1.165) is 0 Å². The number of hydrogen-bond acceptors (Lipinski definition) is 2. The number of benzene rings is 3. The van der Waals surface area contributed by atoms with Crippen LogP contribution in [0.3, 0.4) is 0 Å². The third kappa shape index (κ3) is 8.08. The minimum Gasteiger partial charge on any atom is -0.550 e. The summed E-state index contributed by atoms with van der Waals surface area (Å²) in [5.41, 5.74) is 1.46. The second-order valence-corrected chi connectivity index (χ2v) is 9.14. The Morgan fingerprint density at radius 1 is 0.700 bits per heavy atom. The van der Waals surface area contributed by atoms with Gasteiger partial charge in [-0.2, -0.15) is 0 Å². The van der Waals surface area contributed by atoms with Gasteiger partial charge in [0.25, 0.3) is 0 Å². The highest BCUT2D eigenvalue weighted by Gasteiger charge is 2.27. The number of carboxylic acids is 1. The molecule has 30 heavy (non-hydrogen) atoms. The number of rotatable bonds is 9. The molecule has 0 aliphatic heterocycles. The number of aryl methyl sites for hydroxylation is 1. The van der Waals surface area contributed by atoms with Gasteiger partial charge in [-0.05, 0) is 61.2 Å². The van der Waals surface area contributed by atoms with Crippen molar-refractivity contribution in [1.82, 2.24) is 0 Å². The molecule has 3 rings (SSSR count). The molecule has 2 nitrogen and oxygen atoms in total. The summed E-state index contributed by atoms with van der Waals surface area (Å²) >= 11 is 0. The molecule has 0 radical (unpaired) electrons. The molecule has 3 aromatic carbocycles. The summed E-state index contributed by atoms with van der Waals surface area (Å²) in [7, 11) is -0.0317. The number of carbonyl (C=O) groups is 1. The van der Waals surface area contributed by atoms with E-state index < -0.39 is 5.97 Å². The fourth-order valence-electron chi connectivity index (χ4n) is 3.07. The third-order valence-corrected chi connectivity index (χ3v) is 6.96. The number of carbonyl (C=O) groups excluding carboxylic acids is 1. The molecular formula is C27H32O2S. The summed E-state index contributed by atoms with van der Waals surface area (Å²) in [6.07, 6.45) is 6.61. The van der Waals surface area contributed by atoms with E-state index in [-0.39, 0.29) is 17.3 Å². The largest absolute Gasteiger partial charge is 0.550 e. The molecule has 0 heterocycles. The van der Waals surface area contributed by atoms with Gasteiger partial charge in [-0.1, -0.05) is 81.6 Å². The lowest BCUT2D eigenvalue weighted by molar-refractivity contribution is -0.305. The molecule has 0 fully saturated rings. The SMILES string of the molecule is CCC(=O)[O-].CCCCCCc1ccc([S+](c2ccccc2)c2ccccc2)cc1. The van der Waals surface area contributed by atoms with Gasteiger partial charge in [0.15, 0.2) is 14.7 Å². The Hall–Kier alpha value is -2.52. The maximum Gasteiger partial charge on any atom is 0.166 e. The first-order valence-corrected chi connectivity index (χ1v) is 12.0. The predicted octanol–water partition coefficient (Wildman–Crippen LogP) is 6.05. The first-order valence-electron chi connectivity index (χ1n) is 10.8. The van der Waals surface area contributed by atoms with Crippen LogP contribution in [0.5, 0.6) is 0 Å². The van der Waals surface area contributed by atoms with Crippen molar-refractivity contribution in [2.24, 2.45) is 0 Å². The van der Waals surface area contributed by atoms with E-state index in [9.17, 15) is 9.90 Å². The Bertz CT molecular complexity index is 806. The first kappa shape index (κ1) is 23.8. The van der Waals surface area contributed by atoms with Crippen molar-refractivity contribution in [3.8, 4) is 0 Å². The van der Waals surface area contributed by atoms with Gasteiger partial charge in [0.05, 0.1) is 10.9 Å². The zero-order valence-electron chi connectivity index (χ0n) is 18.1. The third-order valence-electron chi connectivity index (χ3n) is 4.72. The minimum atomic E-state index is -0.995. The monoisotopic (exact) mass is 420 g/mol. The lowest BCUT2D eigenvalue weighted by atomic mass is 10.1. The van der Waals surface area contributed by atoms with Crippen LogP contribution in [0.4, 0.5) is 0 Å². The molecule has 3 heteroatoms. The van der Waals surface area contributed by atoms with Crippen LogP contribution in [0.25, 0.3) is 0 Å². The van der Waals surface area contributed by atoms with E-state index in [1.807, 2.05) is 0 Å². The first-order chi connectivity index (χ1) is 14.7. The molecule has 0 aromatic heterocycles. The van der Waals surface area contributed by atoms with Gasteiger partial charge >= 0.3 is 0 Å². The summed E-state index contributed by atoms with van der Waals surface area (Å²) in [4.78, 5) is 13.4. The Balaban J connectivity index is 0.000000575. The van der Waals surface area contributed by atoms with Crippen molar-refractivity contribution in [2.75, 3.05) is 0 Å². The quantitative estimate of drug-likeness (QED) is 0.312. The van der Waals surface area contributed by atoms with E-state index in [1.165, 1.54) is 59.3 Å². The number of hydrogen-bond donors (Lipinski definition) is 0. The fraction of sp³-hybridized carbons (Fsp3) is 0.296. The molecule has 0 unspecified atom stereocenters. The van der Waals surface area contributed by atoms with Crippen LogP contribution in [0.2, 0.25) is 0 Å². The van der Waals surface area contributed by atoms with Gasteiger partial charge < -0.3 is 9.90 Å². The van der Waals surface area contributed by atoms with Gasteiger partial charge in [0.1, 0.15) is 0 Å². The maximum absolute atomic E-state index is 9.26. The molecule has 0 bridgehead atoms. The second-order valence-electron chi connectivity index (χ2n) is 7.11. The Labute approximate surface area is 184 Å². The molecule has 0 amide bonds. The van der Waals surface area contributed by atoms with Crippen molar-refractivity contribution >= 4 is 16.9 Å². The highest BCUT2D eigenvalue weighted by atomic mass is 32.2. The zero-order valence-corrected chi connectivity index (χ0v) is 18.9. The molecule has 0 spiro atoms. The maximum atomic E-state index is 9.26. The molecule has 0 N–H and O–H groups in total. The predicted molar refractivity (Wildman–Crippen MR) is 125 cm³/mol. The Morgan fingerprint density at radius 2 is 1.17 bits per heavy atom. The van der Waals surface area contributed by atoms with Crippen LogP contribution < -0.4 is 5.11 Å². The molecule has 0 saturated carbocycles. The average Bonchev–Trinajstić information content (AvgIpc) is 2.80. The topological polar surface area (TPSA) is 40.1 Å². The average molecular weight is 421 g/mol. The van der Waals surface area contributed by atoms with E-state index >= 15 is 0 Å². The highest BCUT2D eigenvalue weighted by molar-refractivity contribution is 7.97. The standard InChI is InChI=1S/C24H27S.C3H6O2/c1-2-3-4-7-12-21-17-19-24(20-18-21)25(22-13-8-5-9-14-22)23-15-10-6-11-16-23;1-2-3(4)5/h5-6,8-11,13-20H,2-4,7,12H2,1H3;2H2,1H3,(H,4,5)/q+1;/p-1. The second kappa shape index (κ2) is 13.7. The molecule has 3 aromatic rings. The van der Waals surface area contributed by atoms with Crippen LogP contribution in [0, 0.1) is 0 Å². The van der Waals surface area contributed by atoms with Crippen LogP contribution in [-0.2, 0) is 22.1 Å². The smallest absolute Gasteiger partial charge is 0.166 e. The van der Waals surface area contributed by atoms with Crippen LogP contribution in [0.15, 0.2) is 99.6 Å². The van der Waals surface area contributed by atoms with E-state index in [4.69, 9.17) is 0 Å². The molecule has 0 atom stereocenters. The van der Waals surface area contributed by atoms with E-state index in [2.05, 4.69) is 91.9 Å². The van der Waals surface area contributed by atoms with Crippen molar-refractivity contribution in [2.45, 2.75) is 67.1 Å². The van der Waals surface area contributed by atoms with Crippen molar-refractivity contribution in [3.05, 3.63) is 90.5 Å².